The summed E-state index contributed by atoms with van der Waals surface area (Å²) >= 11 is 0. The van der Waals surface area contributed by atoms with Crippen LogP contribution in [0.4, 0.5) is 0 Å². The molecule has 0 heterocycles. The summed E-state index contributed by atoms with van der Waals surface area (Å²) in [4.78, 5) is 0. The Labute approximate surface area is 190 Å². The largest absolute Gasteiger partial charge is 0.397 e. The minimum atomic E-state index is -0.114. The van der Waals surface area contributed by atoms with Crippen LogP contribution in [0, 0.1) is 23.7 Å². The molecule has 0 aromatic carbocycles. The van der Waals surface area contributed by atoms with Crippen LogP contribution in [0.2, 0.25) is 0 Å². The normalized spacial score (nSPS) is 9.81. The lowest BCUT2D eigenvalue weighted by Gasteiger charge is -2.15. The monoisotopic (exact) mass is 434 g/mol. The summed E-state index contributed by atoms with van der Waals surface area (Å²) in [6.07, 6.45) is 14.1. The average Bonchev–Trinajstić information content (AvgIpc) is 2.77. The van der Waals surface area contributed by atoms with Gasteiger partial charge in [-0.25, -0.2) is 0 Å². The van der Waals surface area contributed by atoms with E-state index in [1.54, 1.807) is 33.3 Å². The molecule has 0 rings (SSSR count). The van der Waals surface area contributed by atoms with Gasteiger partial charge in [0.2, 0.25) is 0 Å². The molecule has 0 fully saturated rings. The van der Waals surface area contributed by atoms with E-state index in [9.17, 15) is 0 Å². The molecule has 0 aromatic rings. The van der Waals surface area contributed by atoms with E-state index in [1.165, 1.54) is 0 Å². The molecule has 5 nitrogen and oxygen atoms in total. The maximum atomic E-state index is 7.57. The number of hydrogen-bond donors (Lipinski definition) is 1. The number of ether oxygens (including phenoxy) is 4. The molecule has 176 valence electrons. The van der Waals surface area contributed by atoms with E-state index in [2.05, 4.69) is 36.8 Å². The van der Waals surface area contributed by atoms with Gasteiger partial charge in [0.1, 0.15) is 0 Å². The van der Waals surface area contributed by atoms with E-state index < -0.39 is 0 Å². The van der Waals surface area contributed by atoms with Crippen molar-refractivity contribution in [2.24, 2.45) is 0 Å². The molecule has 0 unspecified atom stereocenters. The second-order valence-corrected chi connectivity index (χ2v) is 5.50. The van der Waals surface area contributed by atoms with Crippen LogP contribution in [0.5, 0.6) is 0 Å². The van der Waals surface area contributed by atoms with E-state index in [1.807, 2.05) is 38.2 Å². The van der Waals surface area contributed by atoms with Gasteiger partial charge in [0.05, 0.1) is 0 Å². The maximum absolute atomic E-state index is 7.57. The number of methoxy groups -OCH3 is 2. The van der Waals surface area contributed by atoms with Crippen molar-refractivity contribution in [2.45, 2.75) is 59.0 Å². The summed E-state index contributed by atoms with van der Waals surface area (Å²) < 4.78 is 20.8. The lowest BCUT2D eigenvalue weighted by Crippen LogP contribution is -2.16. The first-order chi connectivity index (χ1) is 15.1. The van der Waals surface area contributed by atoms with Crippen LogP contribution >= 0.6 is 0 Å². The Balaban J connectivity index is -0.000000452. The number of allylic oxidation sites excluding steroid dienone is 6. The Morgan fingerprint density at radius 1 is 0.742 bits per heavy atom. The zero-order valence-electron chi connectivity index (χ0n) is 20.1. The first-order valence-electron chi connectivity index (χ1n) is 10.5. The van der Waals surface area contributed by atoms with Crippen molar-refractivity contribution < 1.29 is 24.1 Å². The predicted molar refractivity (Wildman–Crippen MR) is 130 cm³/mol. The lowest BCUT2D eigenvalue weighted by molar-refractivity contribution is -0.138. The fourth-order valence-electron chi connectivity index (χ4n) is 1.88. The fraction of sp³-hybridized carbons (Fsp3) is 0.538. The summed E-state index contributed by atoms with van der Waals surface area (Å²) in [6.45, 7) is 14.2. The second-order valence-electron chi connectivity index (χ2n) is 5.50. The van der Waals surface area contributed by atoms with Crippen LogP contribution in [-0.4, -0.2) is 51.7 Å². The number of rotatable bonds is 12. The third-order valence-corrected chi connectivity index (χ3v) is 3.14. The van der Waals surface area contributed by atoms with E-state index >= 15 is 0 Å². The topological polar surface area (TPSA) is 57.2 Å². The van der Waals surface area contributed by atoms with Crippen molar-refractivity contribution in [2.75, 3.05) is 34.0 Å². The van der Waals surface area contributed by atoms with Gasteiger partial charge in [-0.3, -0.25) is 0 Å². The number of aliphatic hydroxyl groups is 1. The van der Waals surface area contributed by atoms with Crippen LogP contribution in [0.1, 0.15) is 46.5 Å². The standard InChI is InChI=1S/C13H20O2.C11H16O2.C2H6O/c1-4-7-8-9-10-11-12-13(14-5-2)15-6-3;1-4-5-6-7-8-9-10-11(12-2)13-3;1-2-3/h4,9-10,13H,1,5-6,11-12H2,2-3H3;4,7-8,11H,1,9-10H2,2-3H3;3H,2H2,1H3/b10-9-;8-7-;. The van der Waals surface area contributed by atoms with Crippen LogP contribution in [0.3, 0.4) is 0 Å². The fourth-order valence-corrected chi connectivity index (χ4v) is 1.88. The third-order valence-electron chi connectivity index (χ3n) is 3.14. The lowest BCUT2D eigenvalue weighted by atomic mass is 10.3. The Morgan fingerprint density at radius 2 is 1.13 bits per heavy atom. The average molecular weight is 435 g/mol. The highest BCUT2D eigenvalue weighted by Crippen LogP contribution is 2.05. The molecule has 0 aliphatic rings. The quantitative estimate of drug-likeness (QED) is 0.344. The highest BCUT2D eigenvalue weighted by Gasteiger charge is 2.05. The van der Waals surface area contributed by atoms with Gasteiger partial charge >= 0.3 is 0 Å². The van der Waals surface area contributed by atoms with Crippen molar-refractivity contribution in [3.63, 3.8) is 0 Å². The van der Waals surface area contributed by atoms with E-state index in [4.69, 9.17) is 24.1 Å². The Hall–Kier alpha value is -2.12. The highest BCUT2D eigenvalue weighted by atomic mass is 16.7. The number of aliphatic hydroxyl groups excluding tert-OH is 1. The molecule has 0 saturated carbocycles. The minimum Gasteiger partial charge on any atom is -0.397 e. The van der Waals surface area contributed by atoms with Gasteiger partial charge < -0.3 is 24.1 Å². The zero-order valence-corrected chi connectivity index (χ0v) is 20.1. The molecule has 31 heavy (non-hydrogen) atoms. The first kappa shape index (κ1) is 33.5. The Kier molecular flexibility index (Phi) is 35.2. The zero-order chi connectivity index (χ0) is 24.0. The van der Waals surface area contributed by atoms with Crippen LogP contribution in [0.15, 0.2) is 49.6 Å². The molecule has 1 N–H and O–H groups in total. The van der Waals surface area contributed by atoms with Gasteiger partial charge in [-0.1, -0.05) is 49.0 Å². The first-order valence-corrected chi connectivity index (χ1v) is 10.5. The molecular weight excluding hydrogens is 392 g/mol. The molecule has 0 aromatic heterocycles. The summed E-state index contributed by atoms with van der Waals surface area (Å²) in [5, 5.41) is 7.57. The molecule has 0 aliphatic carbocycles. The third kappa shape index (κ3) is 32.7. The van der Waals surface area contributed by atoms with E-state index in [0.29, 0.717) is 13.2 Å². The van der Waals surface area contributed by atoms with Crippen molar-refractivity contribution in [1.29, 1.82) is 0 Å². The smallest absolute Gasteiger partial charge is 0.157 e. The number of hydrogen-bond acceptors (Lipinski definition) is 5. The van der Waals surface area contributed by atoms with Crippen molar-refractivity contribution >= 4 is 0 Å². The van der Waals surface area contributed by atoms with Crippen molar-refractivity contribution in [1.82, 2.24) is 0 Å². The predicted octanol–water partition coefficient (Wildman–Crippen LogP) is 5.04. The van der Waals surface area contributed by atoms with Gasteiger partial charge in [0, 0.05) is 46.9 Å². The molecule has 0 amide bonds. The van der Waals surface area contributed by atoms with Crippen molar-refractivity contribution in [3.8, 4) is 23.7 Å². The summed E-state index contributed by atoms with van der Waals surface area (Å²) in [7, 11) is 3.27. The Bertz CT molecular complexity index is 548. The maximum Gasteiger partial charge on any atom is 0.157 e. The van der Waals surface area contributed by atoms with E-state index in [0.717, 1.165) is 25.7 Å². The highest BCUT2D eigenvalue weighted by molar-refractivity contribution is 5.22. The SMILES string of the molecule is C=CC#C/C=C\CCC(OC)OC.C=CC#C/C=C\CCC(OCC)OCC.CCO. The molecule has 5 heteroatoms. The van der Waals surface area contributed by atoms with Gasteiger partial charge in [0.25, 0.3) is 0 Å². The second kappa shape index (κ2) is 32.5. The molecule has 0 spiro atoms. The van der Waals surface area contributed by atoms with Gasteiger partial charge in [-0.15, -0.1) is 0 Å². The minimum absolute atomic E-state index is 0.0861. The summed E-state index contributed by atoms with van der Waals surface area (Å²) in [5.74, 6) is 11.1. The Morgan fingerprint density at radius 3 is 1.45 bits per heavy atom. The molecular formula is C26H42O5. The molecule has 0 radical (unpaired) electrons. The van der Waals surface area contributed by atoms with Crippen LogP contribution in [0.25, 0.3) is 0 Å². The van der Waals surface area contributed by atoms with E-state index in [-0.39, 0.29) is 19.2 Å². The summed E-state index contributed by atoms with van der Waals surface area (Å²) in [5.41, 5.74) is 0. The van der Waals surface area contributed by atoms with Gasteiger partial charge in [-0.2, -0.15) is 0 Å². The van der Waals surface area contributed by atoms with Crippen molar-refractivity contribution in [3.05, 3.63) is 49.6 Å². The van der Waals surface area contributed by atoms with Gasteiger partial charge in [0.15, 0.2) is 12.6 Å². The van der Waals surface area contributed by atoms with Crippen LogP contribution < -0.4 is 0 Å². The molecule has 0 aliphatic heterocycles. The molecule has 0 bridgehead atoms. The van der Waals surface area contributed by atoms with Crippen LogP contribution in [-0.2, 0) is 18.9 Å². The summed E-state index contributed by atoms with van der Waals surface area (Å²) in [6, 6.07) is 0. The molecule has 0 saturated heterocycles. The van der Waals surface area contributed by atoms with Gasteiger partial charge in [-0.05, 0) is 57.9 Å². The molecule has 0 atom stereocenters.